The van der Waals surface area contributed by atoms with E-state index < -0.39 is 0 Å². The summed E-state index contributed by atoms with van der Waals surface area (Å²) < 4.78 is 0. The number of nitrogens with one attached hydrogen (secondary N) is 1. The monoisotopic (exact) mass is 366 g/mol. The van der Waals surface area contributed by atoms with Crippen molar-refractivity contribution in [2.75, 3.05) is 11.5 Å². The fraction of sp³-hybridized carbons (Fsp3) is 0.381. The SMILES string of the molecule is Cc1cc(C(C)C(=N)c2ccccc2C(N)=NC2CCSCC2)ccn1. The van der Waals surface area contributed by atoms with Crippen LogP contribution in [0.5, 0.6) is 0 Å². The van der Waals surface area contributed by atoms with Gasteiger partial charge in [0.15, 0.2) is 0 Å². The number of pyridine rings is 1. The lowest BCUT2D eigenvalue weighted by Gasteiger charge is -2.20. The molecule has 136 valence electrons. The van der Waals surface area contributed by atoms with Gasteiger partial charge in [-0.15, -0.1) is 0 Å². The molecule has 1 aliphatic rings. The van der Waals surface area contributed by atoms with Gasteiger partial charge >= 0.3 is 0 Å². The van der Waals surface area contributed by atoms with E-state index in [0.29, 0.717) is 17.6 Å². The number of hydrogen-bond acceptors (Lipinski definition) is 4. The lowest BCUT2D eigenvalue weighted by atomic mass is 9.89. The molecule has 26 heavy (non-hydrogen) atoms. The van der Waals surface area contributed by atoms with Gasteiger partial charge in [0.1, 0.15) is 5.84 Å². The van der Waals surface area contributed by atoms with Gasteiger partial charge in [0.2, 0.25) is 0 Å². The minimum absolute atomic E-state index is 0.0308. The molecule has 2 aromatic rings. The standard InChI is InChI=1S/C21H26N4S/c1-14-13-16(7-10-24-14)15(2)20(22)18-5-3-4-6-19(18)21(23)25-17-8-11-26-12-9-17/h3-7,10,13,15,17,22H,8-9,11-12H2,1-2H3,(H2,23,25). The van der Waals surface area contributed by atoms with Crippen molar-refractivity contribution in [3.8, 4) is 0 Å². The second-order valence-electron chi connectivity index (χ2n) is 6.77. The molecule has 1 aromatic carbocycles. The second-order valence-corrected chi connectivity index (χ2v) is 7.99. The minimum atomic E-state index is -0.0308. The Kier molecular flexibility index (Phi) is 6.09. The average molecular weight is 367 g/mol. The number of aryl methyl sites for hydroxylation is 1. The summed E-state index contributed by atoms with van der Waals surface area (Å²) in [4.78, 5) is 9.02. The van der Waals surface area contributed by atoms with Crippen LogP contribution >= 0.6 is 11.8 Å². The predicted octanol–water partition coefficient (Wildman–Crippen LogP) is 4.16. The van der Waals surface area contributed by atoms with Crippen LogP contribution in [-0.2, 0) is 0 Å². The predicted molar refractivity (Wildman–Crippen MR) is 112 cm³/mol. The largest absolute Gasteiger partial charge is 0.383 e. The van der Waals surface area contributed by atoms with E-state index in [1.807, 2.05) is 55.1 Å². The first kappa shape index (κ1) is 18.6. The van der Waals surface area contributed by atoms with Crippen molar-refractivity contribution in [2.24, 2.45) is 10.7 Å². The highest BCUT2D eigenvalue weighted by Gasteiger charge is 2.19. The Morgan fingerprint density at radius 3 is 2.62 bits per heavy atom. The summed E-state index contributed by atoms with van der Waals surface area (Å²) in [6, 6.07) is 12.2. The molecule has 1 unspecified atom stereocenters. The van der Waals surface area contributed by atoms with Crippen molar-refractivity contribution in [3.63, 3.8) is 0 Å². The van der Waals surface area contributed by atoms with Crippen molar-refractivity contribution in [3.05, 3.63) is 65.0 Å². The van der Waals surface area contributed by atoms with Crippen LogP contribution in [0.15, 0.2) is 47.6 Å². The van der Waals surface area contributed by atoms with Gasteiger partial charge in [0.05, 0.1) is 6.04 Å². The van der Waals surface area contributed by atoms with E-state index in [0.717, 1.165) is 46.7 Å². The zero-order valence-electron chi connectivity index (χ0n) is 15.4. The van der Waals surface area contributed by atoms with Crippen LogP contribution in [0, 0.1) is 12.3 Å². The second kappa shape index (κ2) is 8.49. The van der Waals surface area contributed by atoms with Crippen LogP contribution < -0.4 is 5.73 Å². The summed E-state index contributed by atoms with van der Waals surface area (Å²) in [5.41, 5.74) is 10.7. The number of amidine groups is 1. The third-order valence-corrected chi connectivity index (χ3v) is 5.91. The highest BCUT2D eigenvalue weighted by molar-refractivity contribution is 7.99. The molecule has 1 aliphatic heterocycles. The molecule has 1 saturated heterocycles. The number of nitrogens with two attached hydrogens (primary N) is 1. The number of aliphatic imine (C=N–C) groups is 1. The summed E-state index contributed by atoms with van der Waals surface area (Å²) in [5, 5.41) is 8.76. The van der Waals surface area contributed by atoms with Gasteiger partial charge in [0.25, 0.3) is 0 Å². The summed E-state index contributed by atoms with van der Waals surface area (Å²) in [7, 11) is 0. The first-order valence-corrected chi connectivity index (χ1v) is 10.2. The molecule has 0 bridgehead atoms. The van der Waals surface area contributed by atoms with Crippen molar-refractivity contribution < 1.29 is 0 Å². The molecule has 0 saturated carbocycles. The number of nitrogens with zero attached hydrogens (tertiary/aromatic N) is 2. The molecule has 0 radical (unpaired) electrons. The lowest BCUT2D eigenvalue weighted by molar-refractivity contribution is 0.627. The van der Waals surface area contributed by atoms with Crippen LogP contribution in [0.1, 0.15) is 48.1 Å². The maximum atomic E-state index is 8.76. The maximum absolute atomic E-state index is 8.76. The molecular formula is C21H26N4S. The lowest BCUT2D eigenvalue weighted by Crippen LogP contribution is -2.24. The molecule has 0 amide bonds. The molecule has 1 fully saturated rings. The molecule has 1 atom stereocenters. The van der Waals surface area contributed by atoms with E-state index in [9.17, 15) is 0 Å². The molecule has 0 spiro atoms. The normalized spacial score (nSPS) is 17.1. The topological polar surface area (TPSA) is 75.1 Å². The van der Waals surface area contributed by atoms with Crippen LogP contribution in [0.3, 0.4) is 0 Å². The summed E-state index contributed by atoms with van der Waals surface area (Å²) in [5.74, 6) is 2.83. The Balaban J connectivity index is 1.88. The molecule has 3 rings (SSSR count). The van der Waals surface area contributed by atoms with Gasteiger partial charge < -0.3 is 11.1 Å². The van der Waals surface area contributed by atoms with Gasteiger partial charge in [-0.25, -0.2) is 0 Å². The third-order valence-electron chi connectivity index (χ3n) is 4.86. The van der Waals surface area contributed by atoms with E-state index in [4.69, 9.17) is 16.1 Å². The van der Waals surface area contributed by atoms with Gasteiger partial charge in [-0.2, -0.15) is 11.8 Å². The number of hydrogen-bond donors (Lipinski definition) is 2. The number of benzene rings is 1. The van der Waals surface area contributed by atoms with Crippen LogP contribution in [0.25, 0.3) is 0 Å². The molecule has 5 heteroatoms. The van der Waals surface area contributed by atoms with Crippen molar-refractivity contribution in [1.82, 2.24) is 4.98 Å². The Bertz CT molecular complexity index is 809. The van der Waals surface area contributed by atoms with Crippen molar-refractivity contribution in [2.45, 2.75) is 38.6 Å². The van der Waals surface area contributed by atoms with Gasteiger partial charge in [-0.1, -0.05) is 31.2 Å². The Labute approximate surface area is 159 Å². The number of thioether (sulfide) groups is 1. The van der Waals surface area contributed by atoms with E-state index >= 15 is 0 Å². The fourth-order valence-electron chi connectivity index (χ4n) is 3.26. The number of aromatic nitrogens is 1. The molecule has 3 N–H and O–H groups in total. The zero-order valence-corrected chi connectivity index (χ0v) is 16.2. The minimum Gasteiger partial charge on any atom is -0.383 e. The summed E-state index contributed by atoms with van der Waals surface area (Å²) in [6.07, 6.45) is 3.96. The van der Waals surface area contributed by atoms with Crippen LogP contribution in [0.4, 0.5) is 0 Å². The highest BCUT2D eigenvalue weighted by Crippen LogP contribution is 2.24. The molecule has 1 aromatic heterocycles. The molecule has 0 aliphatic carbocycles. The quantitative estimate of drug-likeness (QED) is 0.616. The van der Waals surface area contributed by atoms with Crippen LogP contribution in [0.2, 0.25) is 0 Å². The third kappa shape index (κ3) is 4.33. The first-order chi connectivity index (χ1) is 12.6. The van der Waals surface area contributed by atoms with E-state index in [1.54, 1.807) is 6.20 Å². The highest BCUT2D eigenvalue weighted by atomic mass is 32.2. The van der Waals surface area contributed by atoms with Gasteiger partial charge in [-0.05, 0) is 49.0 Å². The Hall–Kier alpha value is -2.14. The smallest absolute Gasteiger partial charge is 0.126 e. The van der Waals surface area contributed by atoms with Crippen molar-refractivity contribution in [1.29, 1.82) is 5.41 Å². The summed E-state index contributed by atoms with van der Waals surface area (Å²) >= 11 is 1.98. The summed E-state index contributed by atoms with van der Waals surface area (Å²) in [6.45, 7) is 4.03. The maximum Gasteiger partial charge on any atom is 0.126 e. The first-order valence-electron chi connectivity index (χ1n) is 9.08. The molecular weight excluding hydrogens is 340 g/mol. The average Bonchev–Trinajstić information content (AvgIpc) is 2.67. The van der Waals surface area contributed by atoms with Gasteiger partial charge in [-0.3, -0.25) is 9.98 Å². The van der Waals surface area contributed by atoms with Crippen molar-refractivity contribution >= 4 is 23.3 Å². The number of rotatable bonds is 5. The van der Waals surface area contributed by atoms with E-state index in [1.165, 1.54) is 0 Å². The fourth-order valence-corrected chi connectivity index (χ4v) is 4.34. The van der Waals surface area contributed by atoms with Crippen LogP contribution in [-0.4, -0.2) is 34.1 Å². The molecule has 2 heterocycles. The Morgan fingerprint density at radius 2 is 1.92 bits per heavy atom. The van der Waals surface area contributed by atoms with Gasteiger partial charge in [0, 0.05) is 34.6 Å². The molecule has 4 nitrogen and oxygen atoms in total. The van der Waals surface area contributed by atoms with E-state index in [-0.39, 0.29) is 5.92 Å². The van der Waals surface area contributed by atoms with E-state index in [2.05, 4.69) is 11.9 Å². The Morgan fingerprint density at radius 1 is 1.23 bits per heavy atom. The zero-order chi connectivity index (χ0) is 18.5.